The fourth-order valence-corrected chi connectivity index (χ4v) is 10.1. The maximum atomic E-state index is 11.5. The predicted molar refractivity (Wildman–Crippen MR) is 91.1 cm³/mol. The molecule has 1 fully saturated rings. The van der Waals surface area contributed by atoms with Crippen LogP contribution in [0, 0.1) is 0 Å². The molecule has 0 aromatic heterocycles. The molecule has 0 aromatic carbocycles. The summed E-state index contributed by atoms with van der Waals surface area (Å²) in [6.07, 6.45) is 2.90. The van der Waals surface area contributed by atoms with Crippen LogP contribution in [-0.2, 0) is 14.0 Å². The Bertz CT molecular complexity index is 437. The van der Waals surface area contributed by atoms with Crippen molar-refractivity contribution in [2.45, 2.75) is 89.3 Å². The summed E-state index contributed by atoms with van der Waals surface area (Å²) in [5, 5.41) is 0. The molecule has 0 radical (unpaired) electrons. The van der Waals surface area contributed by atoms with Gasteiger partial charge in [0.25, 0.3) is 0 Å². The lowest BCUT2D eigenvalue weighted by atomic mass is 9.87. The maximum Gasteiger partial charge on any atom is 0.331 e. The van der Waals surface area contributed by atoms with Crippen LogP contribution in [0.1, 0.15) is 54.4 Å². The summed E-state index contributed by atoms with van der Waals surface area (Å²) in [7, 11) is -1.96. The zero-order valence-electron chi connectivity index (χ0n) is 14.8. The lowest BCUT2D eigenvalue weighted by molar-refractivity contribution is -0.140. The average Bonchev–Trinajstić information content (AvgIpc) is 2.73. The minimum absolute atomic E-state index is 0.00748. The van der Waals surface area contributed by atoms with Gasteiger partial charge in [0.1, 0.15) is 6.10 Å². The molecule has 0 spiro atoms. The molecule has 4 nitrogen and oxygen atoms in total. The molecule has 2 N–H and O–H groups in total. The molecule has 1 aliphatic carbocycles. The van der Waals surface area contributed by atoms with Crippen LogP contribution in [0.4, 0.5) is 0 Å². The van der Waals surface area contributed by atoms with Gasteiger partial charge in [0.2, 0.25) is 8.32 Å². The van der Waals surface area contributed by atoms with Crippen molar-refractivity contribution in [3.05, 3.63) is 11.6 Å². The molecule has 1 saturated carbocycles. The first-order valence-electron chi connectivity index (χ1n) is 8.52. The van der Waals surface area contributed by atoms with Crippen molar-refractivity contribution in [3.8, 4) is 0 Å². The van der Waals surface area contributed by atoms with E-state index in [9.17, 15) is 4.79 Å². The van der Waals surface area contributed by atoms with Gasteiger partial charge in [0.15, 0.2) is 0 Å². The lowest BCUT2D eigenvalue weighted by Crippen LogP contribution is -2.55. The topological polar surface area (TPSA) is 61.5 Å². The summed E-state index contributed by atoms with van der Waals surface area (Å²) in [5.41, 5.74) is 9.01. The Hall–Kier alpha value is -0.653. The number of hydrogen-bond acceptors (Lipinski definition) is 4. The van der Waals surface area contributed by atoms with Gasteiger partial charge in [-0.05, 0) is 28.6 Å². The van der Waals surface area contributed by atoms with Crippen molar-refractivity contribution >= 4 is 14.3 Å². The number of esters is 1. The Kier molecular flexibility index (Phi) is 5.19. The van der Waals surface area contributed by atoms with E-state index in [0.717, 1.165) is 5.57 Å². The van der Waals surface area contributed by atoms with E-state index in [-0.39, 0.29) is 24.2 Å². The molecular weight excluding hydrogens is 294 g/mol. The number of carbonyl (C=O) groups excluding carboxylic acids is 1. The van der Waals surface area contributed by atoms with E-state index in [1.54, 1.807) is 6.08 Å². The highest BCUT2D eigenvalue weighted by molar-refractivity contribution is 6.77. The van der Waals surface area contributed by atoms with Crippen molar-refractivity contribution in [1.29, 1.82) is 0 Å². The van der Waals surface area contributed by atoms with E-state index in [1.807, 2.05) is 0 Å². The zero-order chi connectivity index (χ0) is 16.7. The molecule has 1 aliphatic heterocycles. The monoisotopic (exact) mass is 325 g/mol. The van der Waals surface area contributed by atoms with E-state index in [1.165, 1.54) is 0 Å². The Morgan fingerprint density at radius 3 is 2.23 bits per heavy atom. The second kappa shape index (κ2) is 6.46. The first-order chi connectivity index (χ1) is 10.2. The van der Waals surface area contributed by atoms with E-state index in [2.05, 4.69) is 41.5 Å². The van der Waals surface area contributed by atoms with Gasteiger partial charge in [-0.3, -0.25) is 0 Å². The number of nitrogens with two attached hydrogens (primary N) is 1. The van der Waals surface area contributed by atoms with Crippen molar-refractivity contribution in [1.82, 2.24) is 0 Å². The minimum atomic E-state index is -1.96. The predicted octanol–water partition coefficient (Wildman–Crippen LogP) is 3.52. The standard InChI is InChI=1S/C17H31NO3Si/c1-10(2)22(11(3)4,12(5)6)21-16-9-15-13(7-14(16)18)8-17(19)20-15/h8,10-12,14-16H,7,9,18H2,1-6H3/t14-,15-,16-/m0/s1. The van der Waals surface area contributed by atoms with Crippen molar-refractivity contribution in [2.24, 2.45) is 5.73 Å². The molecule has 0 saturated heterocycles. The molecule has 5 heteroatoms. The third kappa shape index (κ3) is 3.03. The van der Waals surface area contributed by atoms with Crippen molar-refractivity contribution in [3.63, 3.8) is 0 Å². The number of rotatable bonds is 5. The number of ether oxygens (including phenoxy) is 1. The van der Waals surface area contributed by atoms with Gasteiger partial charge in [-0.25, -0.2) is 4.79 Å². The van der Waals surface area contributed by atoms with Gasteiger partial charge in [-0.2, -0.15) is 0 Å². The third-order valence-corrected chi connectivity index (χ3v) is 11.6. The summed E-state index contributed by atoms with van der Waals surface area (Å²) < 4.78 is 12.2. The van der Waals surface area contributed by atoms with Crippen molar-refractivity contribution in [2.75, 3.05) is 0 Å². The van der Waals surface area contributed by atoms with Crippen LogP contribution >= 0.6 is 0 Å². The normalized spacial score (nSPS) is 29.1. The average molecular weight is 326 g/mol. The molecule has 2 aliphatic rings. The first kappa shape index (κ1) is 17.7. The van der Waals surface area contributed by atoms with Crippen LogP contribution in [0.3, 0.4) is 0 Å². The Morgan fingerprint density at radius 2 is 1.73 bits per heavy atom. The second-order valence-corrected chi connectivity index (χ2v) is 13.1. The molecule has 0 amide bonds. The van der Waals surface area contributed by atoms with Crippen LogP contribution in [-0.4, -0.2) is 32.5 Å². The molecule has 0 aromatic rings. The van der Waals surface area contributed by atoms with Crippen LogP contribution in [0.25, 0.3) is 0 Å². The lowest BCUT2D eigenvalue weighted by Gasteiger charge is -2.47. The quantitative estimate of drug-likeness (QED) is 0.620. The molecule has 1 heterocycles. The molecule has 22 heavy (non-hydrogen) atoms. The third-order valence-electron chi connectivity index (χ3n) is 5.43. The van der Waals surface area contributed by atoms with Gasteiger partial charge in [-0.1, -0.05) is 41.5 Å². The molecule has 3 atom stereocenters. The second-order valence-electron chi connectivity index (χ2n) is 7.72. The van der Waals surface area contributed by atoms with E-state index in [4.69, 9.17) is 14.9 Å². The summed E-state index contributed by atoms with van der Waals surface area (Å²) in [6, 6.07) is -0.0416. The van der Waals surface area contributed by atoms with Gasteiger partial charge >= 0.3 is 5.97 Å². The zero-order valence-corrected chi connectivity index (χ0v) is 15.8. The maximum absolute atomic E-state index is 11.5. The van der Waals surface area contributed by atoms with E-state index < -0.39 is 8.32 Å². The van der Waals surface area contributed by atoms with Crippen LogP contribution in [0.2, 0.25) is 16.6 Å². The smallest absolute Gasteiger partial charge is 0.331 e. The van der Waals surface area contributed by atoms with Gasteiger partial charge < -0.3 is 14.9 Å². The minimum Gasteiger partial charge on any atom is -0.455 e. The number of carbonyl (C=O) groups is 1. The summed E-state index contributed by atoms with van der Waals surface area (Å²) >= 11 is 0. The van der Waals surface area contributed by atoms with Crippen LogP contribution in [0.15, 0.2) is 11.6 Å². The van der Waals surface area contributed by atoms with E-state index in [0.29, 0.717) is 29.5 Å². The van der Waals surface area contributed by atoms with Crippen LogP contribution in [0.5, 0.6) is 0 Å². The van der Waals surface area contributed by atoms with E-state index >= 15 is 0 Å². The summed E-state index contributed by atoms with van der Waals surface area (Å²) in [4.78, 5) is 11.5. The summed E-state index contributed by atoms with van der Waals surface area (Å²) in [5.74, 6) is -0.229. The summed E-state index contributed by atoms with van der Waals surface area (Å²) in [6.45, 7) is 13.7. The molecular formula is C17H31NO3Si. The Morgan fingerprint density at radius 1 is 1.18 bits per heavy atom. The van der Waals surface area contributed by atoms with Crippen molar-refractivity contribution < 1.29 is 14.0 Å². The molecule has 126 valence electrons. The highest BCUT2D eigenvalue weighted by atomic mass is 28.4. The first-order valence-corrected chi connectivity index (χ1v) is 10.7. The molecule has 0 bridgehead atoms. The number of hydrogen-bond donors (Lipinski definition) is 1. The SMILES string of the molecule is CC(C)[Si](O[C@H]1C[C@@H]2OC(=O)C=C2C[C@@H]1N)(C(C)C)C(C)C. The van der Waals surface area contributed by atoms with Crippen LogP contribution < -0.4 is 5.73 Å². The largest absolute Gasteiger partial charge is 0.455 e. The highest BCUT2D eigenvalue weighted by Gasteiger charge is 2.49. The molecule has 0 unspecified atom stereocenters. The number of fused-ring (bicyclic) bond motifs is 1. The fraction of sp³-hybridized carbons (Fsp3) is 0.824. The Labute approximate surface area is 135 Å². The highest BCUT2D eigenvalue weighted by Crippen LogP contribution is 2.45. The Balaban J connectivity index is 2.20. The van der Waals surface area contributed by atoms with Gasteiger partial charge in [-0.15, -0.1) is 0 Å². The fourth-order valence-electron chi connectivity index (χ4n) is 4.48. The molecule has 2 rings (SSSR count). The van der Waals surface area contributed by atoms with Gasteiger partial charge in [0, 0.05) is 18.5 Å². The van der Waals surface area contributed by atoms with Gasteiger partial charge in [0.05, 0.1) is 6.10 Å².